The van der Waals surface area contributed by atoms with E-state index in [1.54, 1.807) is 0 Å². The Kier molecular flexibility index (Phi) is 8.20. The summed E-state index contributed by atoms with van der Waals surface area (Å²) >= 11 is 0. The van der Waals surface area contributed by atoms with Gasteiger partial charge in [0, 0.05) is 22.1 Å². The average Bonchev–Trinajstić information content (AvgIpc) is 3.55. The fraction of sp³-hybridized carbons (Fsp3) is 0.0526. The molecule has 0 amide bonds. The van der Waals surface area contributed by atoms with Crippen LogP contribution in [-0.4, -0.2) is 9.97 Å². The van der Waals surface area contributed by atoms with Crippen molar-refractivity contribution in [1.82, 2.24) is 9.97 Å². The van der Waals surface area contributed by atoms with Gasteiger partial charge in [0.2, 0.25) is 0 Å². The highest BCUT2D eigenvalue weighted by Crippen LogP contribution is 2.54. The van der Waals surface area contributed by atoms with Gasteiger partial charge in [-0.1, -0.05) is 208 Å². The van der Waals surface area contributed by atoms with Crippen LogP contribution >= 0.6 is 0 Å². The molecule has 1 aliphatic rings. The third-order valence-electron chi connectivity index (χ3n) is 12.3. The largest absolute Gasteiger partial charge is 0.228 e. The Morgan fingerprint density at radius 3 is 1.56 bits per heavy atom. The lowest BCUT2D eigenvalue weighted by atomic mass is 9.77. The Hall–Kier alpha value is -7.42. The van der Waals surface area contributed by atoms with Crippen molar-refractivity contribution in [1.29, 1.82) is 0 Å². The molecule has 0 radical (unpaired) electrons. The molecule has 2 heteroatoms. The van der Waals surface area contributed by atoms with E-state index in [0.717, 1.165) is 44.6 Å². The van der Waals surface area contributed by atoms with E-state index in [9.17, 15) is 0 Å². The SMILES string of the molecule is CC1(C)c2c(-c3cccc(-c4ccc(-c5cc(-c6ccccc6-c6ccccc6)nc(-c6ccccc6)n5)c5ccccc45)c3)cccc2-c2ccc3ccccc3c21. The molecule has 0 unspecified atom stereocenters. The van der Waals surface area contributed by atoms with Gasteiger partial charge in [0.05, 0.1) is 11.4 Å². The summed E-state index contributed by atoms with van der Waals surface area (Å²) in [6, 6.07) is 74.2. The van der Waals surface area contributed by atoms with E-state index in [-0.39, 0.29) is 5.41 Å². The van der Waals surface area contributed by atoms with E-state index < -0.39 is 0 Å². The lowest BCUT2D eigenvalue weighted by molar-refractivity contribution is 0.668. The van der Waals surface area contributed by atoms with Gasteiger partial charge in [-0.3, -0.25) is 0 Å². The van der Waals surface area contributed by atoms with Crippen molar-refractivity contribution < 1.29 is 0 Å². The summed E-state index contributed by atoms with van der Waals surface area (Å²) < 4.78 is 0. The molecule has 2 nitrogen and oxygen atoms in total. The Labute approximate surface area is 345 Å². The summed E-state index contributed by atoms with van der Waals surface area (Å²) in [5.41, 5.74) is 17.4. The van der Waals surface area contributed by atoms with Crippen molar-refractivity contribution >= 4 is 21.5 Å². The number of rotatable bonds is 6. The summed E-state index contributed by atoms with van der Waals surface area (Å²) in [5.74, 6) is 0.704. The fourth-order valence-electron chi connectivity index (χ4n) is 9.63. The predicted molar refractivity (Wildman–Crippen MR) is 247 cm³/mol. The minimum absolute atomic E-state index is 0.164. The Morgan fingerprint density at radius 2 is 0.797 bits per heavy atom. The van der Waals surface area contributed by atoms with Crippen LogP contribution in [-0.2, 0) is 5.41 Å². The van der Waals surface area contributed by atoms with Crippen molar-refractivity contribution in [3.05, 3.63) is 217 Å². The molecule has 0 N–H and O–H groups in total. The quantitative estimate of drug-likeness (QED) is 0.169. The number of hydrogen-bond donors (Lipinski definition) is 0. The average molecular weight is 753 g/mol. The maximum Gasteiger partial charge on any atom is 0.160 e. The molecule has 0 spiro atoms. The normalized spacial score (nSPS) is 12.7. The summed E-state index contributed by atoms with van der Waals surface area (Å²) in [7, 11) is 0. The van der Waals surface area contributed by atoms with Crippen LogP contribution in [0.3, 0.4) is 0 Å². The Balaban J connectivity index is 1.05. The first-order valence-electron chi connectivity index (χ1n) is 20.4. The van der Waals surface area contributed by atoms with Crippen LogP contribution in [0.25, 0.3) is 100.0 Å². The molecule has 278 valence electrons. The van der Waals surface area contributed by atoms with Gasteiger partial charge in [-0.15, -0.1) is 0 Å². The number of nitrogens with zero attached hydrogens (tertiary/aromatic N) is 2. The van der Waals surface area contributed by atoms with Crippen LogP contribution in [0.15, 0.2) is 206 Å². The lowest BCUT2D eigenvalue weighted by Crippen LogP contribution is -2.16. The molecule has 11 rings (SSSR count). The number of fused-ring (bicyclic) bond motifs is 6. The molecule has 59 heavy (non-hydrogen) atoms. The highest BCUT2D eigenvalue weighted by molar-refractivity contribution is 6.06. The van der Waals surface area contributed by atoms with Gasteiger partial charge < -0.3 is 0 Å². The maximum absolute atomic E-state index is 5.28. The molecule has 1 heterocycles. The number of hydrogen-bond acceptors (Lipinski definition) is 2. The van der Waals surface area contributed by atoms with E-state index in [4.69, 9.17) is 9.97 Å². The van der Waals surface area contributed by atoms with Gasteiger partial charge >= 0.3 is 0 Å². The second-order valence-electron chi connectivity index (χ2n) is 16.1. The highest BCUT2D eigenvalue weighted by Gasteiger charge is 2.38. The smallest absolute Gasteiger partial charge is 0.160 e. The van der Waals surface area contributed by atoms with Gasteiger partial charge in [-0.2, -0.15) is 0 Å². The van der Waals surface area contributed by atoms with Gasteiger partial charge in [0.25, 0.3) is 0 Å². The molecule has 1 aliphatic carbocycles. The van der Waals surface area contributed by atoms with Crippen LogP contribution < -0.4 is 0 Å². The summed E-state index contributed by atoms with van der Waals surface area (Å²) in [4.78, 5) is 10.5. The van der Waals surface area contributed by atoms with Gasteiger partial charge in [0.15, 0.2) is 5.82 Å². The van der Waals surface area contributed by atoms with Crippen LogP contribution in [0.2, 0.25) is 0 Å². The summed E-state index contributed by atoms with van der Waals surface area (Å²) in [5, 5.41) is 4.97. The maximum atomic E-state index is 5.28. The van der Waals surface area contributed by atoms with Crippen molar-refractivity contribution in [2.75, 3.05) is 0 Å². The highest BCUT2D eigenvalue weighted by atomic mass is 14.9. The summed E-state index contributed by atoms with van der Waals surface area (Å²) in [6.45, 7) is 4.79. The topological polar surface area (TPSA) is 25.8 Å². The Bertz CT molecular complexity index is 3230. The third kappa shape index (κ3) is 5.79. The van der Waals surface area contributed by atoms with Crippen LogP contribution in [0, 0.1) is 0 Å². The van der Waals surface area contributed by atoms with E-state index in [2.05, 4.69) is 202 Å². The number of benzene rings is 9. The zero-order chi connectivity index (χ0) is 39.5. The molecule has 0 bridgehead atoms. The number of aromatic nitrogens is 2. The molecular formula is C57H40N2. The van der Waals surface area contributed by atoms with Crippen molar-refractivity contribution in [3.8, 4) is 78.4 Å². The van der Waals surface area contributed by atoms with Crippen molar-refractivity contribution in [2.24, 2.45) is 0 Å². The standard InChI is InChI=1S/C57H40N2/c1-57(2)54-44-25-10-9-19-38(44)31-32-51(54)50-30-16-29-45(55(50)57)41-23-15-22-40(35-41)43-33-34-49(47-27-13-12-26-46(43)47)53-36-52(58-56(59-53)39-20-7-4-8-21-39)48-28-14-11-24-42(48)37-17-5-3-6-18-37/h3-36H,1-2H3. The molecule has 0 fully saturated rings. The molecule has 0 saturated heterocycles. The molecule has 10 aromatic rings. The van der Waals surface area contributed by atoms with E-state index >= 15 is 0 Å². The zero-order valence-electron chi connectivity index (χ0n) is 33.0. The minimum atomic E-state index is -0.164. The predicted octanol–water partition coefficient (Wildman–Crippen LogP) is 15.1. The summed E-state index contributed by atoms with van der Waals surface area (Å²) in [6.07, 6.45) is 0. The first kappa shape index (κ1) is 34.8. The second kappa shape index (κ2) is 13.9. The van der Waals surface area contributed by atoms with Gasteiger partial charge in [-0.05, 0) is 89.3 Å². The molecule has 1 aromatic heterocycles. The molecule has 0 atom stereocenters. The Morgan fingerprint density at radius 1 is 0.305 bits per heavy atom. The van der Waals surface area contributed by atoms with Crippen molar-refractivity contribution in [2.45, 2.75) is 19.3 Å². The molecule has 9 aromatic carbocycles. The van der Waals surface area contributed by atoms with Crippen LogP contribution in [0.4, 0.5) is 0 Å². The minimum Gasteiger partial charge on any atom is -0.228 e. The second-order valence-corrected chi connectivity index (χ2v) is 16.1. The first-order chi connectivity index (χ1) is 29.0. The van der Waals surface area contributed by atoms with E-state index in [1.807, 2.05) is 18.2 Å². The fourth-order valence-corrected chi connectivity index (χ4v) is 9.63. The molecule has 0 saturated carbocycles. The van der Waals surface area contributed by atoms with E-state index in [0.29, 0.717) is 5.82 Å². The molecule has 0 aliphatic heterocycles. The third-order valence-corrected chi connectivity index (χ3v) is 12.3. The van der Waals surface area contributed by atoms with E-state index in [1.165, 1.54) is 60.7 Å². The van der Waals surface area contributed by atoms with Gasteiger partial charge in [0.1, 0.15) is 0 Å². The van der Waals surface area contributed by atoms with Crippen molar-refractivity contribution in [3.63, 3.8) is 0 Å². The van der Waals surface area contributed by atoms with Crippen LogP contribution in [0.1, 0.15) is 25.0 Å². The monoisotopic (exact) mass is 752 g/mol. The molecular weight excluding hydrogens is 713 g/mol. The van der Waals surface area contributed by atoms with Gasteiger partial charge in [-0.25, -0.2) is 9.97 Å². The lowest BCUT2D eigenvalue weighted by Gasteiger charge is -2.26. The van der Waals surface area contributed by atoms with Crippen LogP contribution in [0.5, 0.6) is 0 Å². The first-order valence-corrected chi connectivity index (χ1v) is 20.4. The zero-order valence-corrected chi connectivity index (χ0v) is 33.0.